The second-order valence-corrected chi connectivity index (χ2v) is 8.53. The Kier molecular flexibility index (Phi) is 5.69. The first-order valence-corrected chi connectivity index (χ1v) is 11.3. The van der Waals surface area contributed by atoms with Crippen LogP contribution in [0.4, 0.5) is 6.01 Å². The molecule has 0 spiro atoms. The molecule has 2 fully saturated rings. The molecule has 0 aliphatic carbocycles. The van der Waals surface area contributed by atoms with Gasteiger partial charge >= 0.3 is 6.01 Å². The Labute approximate surface area is 182 Å². The van der Waals surface area contributed by atoms with E-state index in [1.165, 1.54) is 5.56 Å². The standard InChI is InChI=1S/C25H28N4O2/c30-24(28-15-11-20(12-16-28)19-7-3-1-4-8-19)22-13-17-29(18-14-22)25-27-26-23(31-25)21-9-5-2-6-10-21/h1-10,20,22H,11-18H2. The van der Waals surface area contributed by atoms with Crippen molar-refractivity contribution in [3.8, 4) is 11.5 Å². The molecule has 5 rings (SSSR count). The molecule has 0 unspecified atom stereocenters. The maximum Gasteiger partial charge on any atom is 0.318 e. The summed E-state index contributed by atoms with van der Waals surface area (Å²) >= 11 is 0. The number of carbonyl (C=O) groups is 1. The lowest BCUT2D eigenvalue weighted by atomic mass is 9.88. The molecule has 160 valence electrons. The van der Waals surface area contributed by atoms with Gasteiger partial charge in [-0.1, -0.05) is 53.6 Å². The van der Waals surface area contributed by atoms with Crippen LogP contribution in [0, 0.1) is 5.92 Å². The molecule has 31 heavy (non-hydrogen) atoms. The summed E-state index contributed by atoms with van der Waals surface area (Å²) in [6.07, 6.45) is 3.78. The molecule has 0 radical (unpaired) electrons. The highest BCUT2D eigenvalue weighted by molar-refractivity contribution is 5.79. The highest BCUT2D eigenvalue weighted by Crippen LogP contribution is 2.31. The zero-order valence-corrected chi connectivity index (χ0v) is 17.7. The Bertz CT molecular complexity index is 989. The first-order valence-electron chi connectivity index (χ1n) is 11.3. The molecule has 0 bridgehead atoms. The topological polar surface area (TPSA) is 62.5 Å². The third kappa shape index (κ3) is 4.33. The summed E-state index contributed by atoms with van der Waals surface area (Å²) in [4.78, 5) is 17.3. The Morgan fingerprint density at radius 1 is 0.806 bits per heavy atom. The molecule has 2 saturated heterocycles. The number of likely N-dealkylation sites (tertiary alicyclic amines) is 1. The third-order valence-electron chi connectivity index (χ3n) is 6.63. The minimum absolute atomic E-state index is 0.0982. The second-order valence-electron chi connectivity index (χ2n) is 8.53. The quantitative estimate of drug-likeness (QED) is 0.632. The highest BCUT2D eigenvalue weighted by atomic mass is 16.4. The summed E-state index contributed by atoms with van der Waals surface area (Å²) in [7, 11) is 0. The first kappa shape index (κ1) is 19.8. The van der Waals surface area contributed by atoms with E-state index in [2.05, 4.69) is 50.3 Å². The monoisotopic (exact) mass is 416 g/mol. The van der Waals surface area contributed by atoms with Gasteiger partial charge in [0.25, 0.3) is 0 Å². The number of hydrogen-bond donors (Lipinski definition) is 0. The van der Waals surface area contributed by atoms with Crippen LogP contribution in [0.25, 0.3) is 11.5 Å². The molecule has 6 nitrogen and oxygen atoms in total. The summed E-state index contributed by atoms with van der Waals surface area (Å²) in [6.45, 7) is 3.27. The molecule has 1 aromatic heterocycles. The van der Waals surface area contributed by atoms with Gasteiger partial charge in [0.05, 0.1) is 0 Å². The number of hydrogen-bond acceptors (Lipinski definition) is 5. The van der Waals surface area contributed by atoms with Crippen molar-refractivity contribution < 1.29 is 9.21 Å². The van der Waals surface area contributed by atoms with E-state index in [1.807, 2.05) is 30.3 Å². The minimum atomic E-state index is 0.0982. The Morgan fingerprint density at radius 3 is 2.13 bits per heavy atom. The van der Waals surface area contributed by atoms with Crippen LogP contribution in [0.1, 0.15) is 37.2 Å². The highest BCUT2D eigenvalue weighted by Gasteiger charge is 2.32. The van der Waals surface area contributed by atoms with Crippen LogP contribution in [0.3, 0.4) is 0 Å². The van der Waals surface area contributed by atoms with Gasteiger partial charge in [0.2, 0.25) is 11.8 Å². The van der Waals surface area contributed by atoms with Gasteiger partial charge in [0.1, 0.15) is 0 Å². The molecule has 0 saturated carbocycles. The lowest BCUT2D eigenvalue weighted by Gasteiger charge is -2.37. The minimum Gasteiger partial charge on any atom is -0.403 e. The predicted molar refractivity (Wildman–Crippen MR) is 120 cm³/mol. The molecule has 2 aromatic carbocycles. The second kappa shape index (κ2) is 8.92. The molecule has 6 heteroatoms. The Morgan fingerprint density at radius 2 is 1.45 bits per heavy atom. The van der Waals surface area contributed by atoms with Gasteiger partial charge in [-0.15, -0.1) is 5.10 Å². The molecule has 0 N–H and O–H groups in total. The van der Waals surface area contributed by atoms with Crippen molar-refractivity contribution in [1.29, 1.82) is 0 Å². The molecule has 3 aromatic rings. The SMILES string of the molecule is O=C(C1CCN(c2nnc(-c3ccccc3)o2)CC1)N1CCC(c2ccccc2)CC1. The van der Waals surface area contributed by atoms with Crippen LogP contribution in [0.15, 0.2) is 65.1 Å². The zero-order valence-electron chi connectivity index (χ0n) is 17.7. The number of piperidine rings is 2. The average molecular weight is 417 g/mol. The van der Waals surface area contributed by atoms with Crippen molar-refractivity contribution in [3.63, 3.8) is 0 Å². The van der Waals surface area contributed by atoms with Gasteiger partial charge in [-0.2, -0.15) is 0 Å². The summed E-state index contributed by atoms with van der Waals surface area (Å²) in [5.74, 6) is 1.53. The van der Waals surface area contributed by atoms with Gasteiger partial charge in [0, 0.05) is 37.7 Å². The largest absolute Gasteiger partial charge is 0.403 e. The van der Waals surface area contributed by atoms with E-state index in [0.717, 1.165) is 57.4 Å². The van der Waals surface area contributed by atoms with E-state index in [0.29, 0.717) is 23.7 Å². The third-order valence-corrected chi connectivity index (χ3v) is 6.63. The van der Waals surface area contributed by atoms with Crippen molar-refractivity contribution in [2.24, 2.45) is 5.92 Å². The van der Waals surface area contributed by atoms with Gasteiger partial charge in [0.15, 0.2) is 0 Å². The predicted octanol–water partition coefficient (Wildman–Crippen LogP) is 4.36. The Hall–Kier alpha value is -3.15. The van der Waals surface area contributed by atoms with Gasteiger partial charge in [-0.3, -0.25) is 4.79 Å². The lowest BCUT2D eigenvalue weighted by Crippen LogP contribution is -2.45. The maximum atomic E-state index is 13.1. The van der Waals surface area contributed by atoms with E-state index in [-0.39, 0.29) is 5.92 Å². The van der Waals surface area contributed by atoms with Crippen molar-refractivity contribution in [2.75, 3.05) is 31.1 Å². The maximum absolute atomic E-state index is 13.1. The van der Waals surface area contributed by atoms with Crippen molar-refractivity contribution in [3.05, 3.63) is 66.2 Å². The number of nitrogens with zero attached hydrogens (tertiary/aromatic N) is 4. The number of benzene rings is 2. The number of carbonyl (C=O) groups excluding carboxylic acids is 1. The van der Waals surface area contributed by atoms with Crippen LogP contribution in [0.5, 0.6) is 0 Å². The summed E-state index contributed by atoms with van der Waals surface area (Å²) < 4.78 is 5.88. The van der Waals surface area contributed by atoms with E-state index in [9.17, 15) is 4.79 Å². The smallest absolute Gasteiger partial charge is 0.318 e. The fourth-order valence-electron chi connectivity index (χ4n) is 4.78. The van der Waals surface area contributed by atoms with Crippen LogP contribution in [-0.2, 0) is 4.79 Å². The van der Waals surface area contributed by atoms with Gasteiger partial charge in [-0.05, 0) is 49.3 Å². The zero-order chi connectivity index (χ0) is 21.0. The average Bonchev–Trinajstić information content (AvgIpc) is 3.35. The lowest BCUT2D eigenvalue weighted by molar-refractivity contribution is -0.137. The van der Waals surface area contributed by atoms with Crippen molar-refractivity contribution >= 4 is 11.9 Å². The fraction of sp³-hybridized carbons (Fsp3) is 0.400. The molecular formula is C25H28N4O2. The number of amides is 1. The summed E-state index contributed by atoms with van der Waals surface area (Å²) in [5, 5.41) is 8.41. The number of rotatable bonds is 4. The number of anilines is 1. The number of aromatic nitrogens is 2. The molecular weight excluding hydrogens is 388 g/mol. The van der Waals surface area contributed by atoms with Gasteiger partial charge in [-0.25, -0.2) is 0 Å². The van der Waals surface area contributed by atoms with Crippen molar-refractivity contribution in [2.45, 2.75) is 31.6 Å². The van der Waals surface area contributed by atoms with Crippen LogP contribution < -0.4 is 4.90 Å². The van der Waals surface area contributed by atoms with E-state index in [4.69, 9.17) is 4.42 Å². The van der Waals surface area contributed by atoms with E-state index in [1.54, 1.807) is 0 Å². The van der Waals surface area contributed by atoms with Crippen molar-refractivity contribution in [1.82, 2.24) is 15.1 Å². The van der Waals surface area contributed by atoms with Crippen LogP contribution in [0.2, 0.25) is 0 Å². The van der Waals surface area contributed by atoms with Crippen LogP contribution in [-0.4, -0.2) is 47.2 Å². The van der Waals surface area contributed by atoms with E-state index < -0.39 is 0 Å². The van der Waals surface area contributed by atoms with Crippen LogP contribution >= 0.6 is 0 Å². The molecule has 3 heterocycles. The molecule has 2 aliphatic rings. The molecule has 2 aliphatic heterocycles. The summed E-state index contributed by atoms with van der Waals surface area (Å²) in [6, 6.07) is 21.0. The molecule has 0 atom stereocenters. The first-order chi connectivity index (χ1) is 15.3. The molecule has 1 amide bonds. The summed E-state index contributed by atoms with van der Waals surface area (Å²) in [5.41, 5.74) is 2.32. The fourth-order valence-corrected chi connectivity index (χ4v) is 4.78. The van der Waals surface area contributed by atoms with E-state index >= 15 is 0 Å². The normalized spacial score (nSPS) is 18.3. The Balaban J connectivity index is 1.13. The van der Waals surface area contributed by atoms with Gasteiger partial charge < -0.3 is 14.2 Å².